The quantitative estimate of drug-likeness (QED) is 0.924. The highest BCUT2D eigenvalue weighted by molar-refractivity contribution is 5.27. The summed E-state index contributed by atoms with van der Waals surface area (Å²) in [6.07, 6.45) is -2.15. The Morgan fingerprint density at radius 3 is 2.44 bits per heavy atom. The summed E-state index contributed by atoms with van der Waals surface area (Å²) in [6.45, 7) is 1.93. The molecular weight excluding hydrogens is 331 g/mol. The predicted octanol–water partition coefficient (Wildman–Crippen LogP) is 3.19. The second kappa shape index (κ2) is 7.00. The van der Waals surface area contributed by atoms with E-state index in [-0.39, 0.29) is 11.5 Å². The number of likely N-dealkylation sites (tertiary alicyclic amines) is 1. The van der Waals surface area contributed by atoms with E-state index in [2.05, 4.69) is 21.9 Å². The average molecular weight is 351 g/mol. The van der Waals surface area contributed by atoms with Crippen LogP contribution in [0.4, 0.5) is 13.2 Å². The topological polar surface area (TPSA) is 49.0 Å². The second-order valence-corrected chi connectivity index (χ2v) is 6.57. The number of benzene rings is 1. The highest BCUT2D eigenvalue weighted by Gasteiger charge is 2.30. The minimum atomic E-state index is -4.35. The lowest BCUT2D eigenvalue weighted by Crippen LogP contribution is -2.30. The van der Waals surface area contributed by atoms with Crippen molar-refractivity contribution < 1.29 is 13.2 Å². The van der Waals surface area contributed by atoms with E-state index in [0.717, 1.165) is 43.8 Å². The fraction of sp³-hybridized carbons (Fsp3) is 0.444. The van der Waals surface area contributed by atoms with Crippen LogP contribution < -0.4 is 5.56 Å². The minimum Gasteiger partial charge on any atom is -0.310 e. The number of H-pyrrole nitrogens is 1. The first-order chi connectivity index (χ1) is 11.8. The van der Waals surface area contributed by atoms with Crippen molar-refractivity contribution >= 4 is 0 Å². The summed E-state index contributed by atoms with van der Waals surface area (Å²) in [6, 6.07) is 6.48. The predicted molar refractivity (Wildman–Crippen MR) is 88.6 cm³/mol. The smallest absolute Gasteiger partial charge is 0.310 e. The molecule has 4 nitrogen and oxygen atoms in total. The van der Waals surface area contributed by atoms with Gasteiger partial charge in [0.05, 0.1) is 11.3 Å². The SMILES string of the molecule is CN1CCC(c2cc(=O)[nH]c(Cc3ccc(C(F)(F)F)cc3)n2)CC1. The maximum Gasteiger partial charge on any atom is 0.416 e. The number of alkyl halides is 3. The van der Waals surface area contributed by atoms with E-state index in [1.807, 2.05) is 0 Å². The minimum absolute atomic E-state index is 0.217. The zero-order chi connectivity index (χ0) is 18.0. The maximum absolute atomic E-state index is 12.6. The monoisotopic (exact) mass is 351 g/mol. The molecule has 1 aliphatic heterocycles. The molecule has 2 aromatic rings. The molecule has 1 fully saturated rings. The lowest BCUT2D eigenvalue weighted by Gasteiger charge is -2.28. The third-order valence-corrected chi connectivity index (χ3v) is 4.60. The van der Waals surface area contributed by atoms with Crippen LogP contribution in [0.1, 0.15) is 41.4 Å². The van der Waals surface area contributed by atoms with Gasteiger partial charge in [-0.05, 0) is 50.7 Å². The Labute approximate surface area is 143 Å². The van der Waals surface area contributed by atoms with Crippen LogP contribution in [0.3, 0.4) is 0 Å². The van der Waals surface area contributed by atoms with E-state index in [0.29, 0.717) is 17.8 Å². The van der Waals surface area contributed by atoms with Gasteiger partial charge in [0.15, 0.2) is 0 Å². The molecule has 0 spiro atoms. The van der Waals surface area contributed by atoms with Crippen LogP contribution in [0.15, 0.2) is 35.1 Å². The van der Waals surface area contributed by atoms with Crippen molar-refractivity contribution in [2.24, 2.45) is 0 Å². The van der Waals surface area contributed by atoms with Gasteiger partial charge in [-0.3, -0.25) is 4.79 Å². The molecule has 134 valence electrons. The van der Waals surface area contributed by atoms with E-state index < -0.39 is 11.7 Å². The molecule has 0 radical (unpaired) electrons. The van der Waals surface area contributed by atoms with Gasteiger partial charge in [0.2, 0.25) is 0 Å². The van der Waals surface area contributed by atoms with Crippen molar-refractivity contribution in [3.63, 3.8) is 0 Å². The number of rotatable bonds is 3. The largest absolute Gasteiger partial charge is 0.416 e. The maximum atomic E-state index is 12.6. The molecule has 0 amide bonds. The van der Waals surface area contributed by atoms with Crippen LogP contribution in [0, 0.1) is 0 Å². The second-order valence-electron chi connectivity index (χ2n) is 6.57. The highest BCUT2D eigenvalue weighted by Crippen LogP contribution is 2.29. The first kappa shape index (κ1) is 17.7. The Morgan fingerprint density at radius 2 is 1.84 bits per heavy atom. The number of hydrogen-bond donors (Lipinski definition) is 1. The zero-order valence-corrected chi connectivity index (χ0v) is 13.9. The van der Waals surface area contributed by atoms with Crippen LogP contribution in [-0.2, 0) is 12.6 Å². The van der Waals surface area contributed by atoms with Gasteiger partial charge >= 0.3 is 6.18 Å². The van der Waals surface area contributed by atoms with Crippen molar-refractivity contribution in [2.45, 2.75) is 31.4 Å². The van der Waals surface area contributed by atoms with E-state index in [9.17, 15) is 18.0 Å². The molecule has 0 unspecified atom stereocenters. The van der Waals surface area contributed by atoms with Gasteiger partial charge in [-0.15, -0.1) is 0 Å². The molecule has 1 saturated heterocycles. The molecule has 1 N–H and O–H groups in total. The summed E-state index contributed by atoms with van der Waals surface area (Å²) in [4.78, 5) is 21.4. The molecule has 0 bridgehead atoms. The van der Waals surface area contributed by atoms with E-state index in [4.69, 9.17) is 0 Å². The van der Waals surface area contributed by atoms with Crippen LogP contribution in [0.25, 0.3) is 0 Å². The van der Waals surface area contributed by atoms with Gasteiger partial charge in [-0.25, -0.2) is 4.98 Å². The van der Waals surface area contributed by atoms with Gasteiger partial charge in [-0.2, -0.15) is 13.2 Å². The van der Waals surface area contributed by atoms with E-state index in [1.54, 1.807) is 0 Å². The molecule has 2 heterocycles. The van der Waals surface area contributed by atoms with Gasteiger partial charge in [-0.1, -0.05) is 12.1 Å². The summed E-state index contributed by atoms with van der Waals surface area (Å²) in [5, 5.41) is 0. The van der Waals surface area contributed by atoms with Crippen LogP contribution >= 0.6 is 0 Å². The Morgan fingerprint density at radius 1 is 1.20 bits per heavy atom. The van der Waals surface area contributed by atoms with Crippen LogP contribution in [0.2, 0.25) is 0 Å². The first-order valence-electron chi connectivity index (χ1n) is 8.26. The number of aromatic amines is 1. The van der Waals surface area contributed by atoms with Crippen LogP contribution in [-0.4, -0.2) is 35.0 Å². The van der Waals surface area contributed by atoms with E-state index in [1.165, 1.54) is 18.2 Å². The molecule has 1 aliphatic rings. The summed E-state index contributed by atoms with van der Waals surface area (Å²) in [5.74, 6) is 0.742. The molecule has 1 aromatic carbocycles. The molecule has 3 rings (SSSR count). The number of piperidine rings is 1. The number of nitrogens with zero attached hydrogens (tertiary/aromatic N) is 2. The first-order valence-corrected chi connectivity index (χ1v) is 8.26. The third kappa shape index (κ3) is 4.48. The molecule has 0 saturated carbocycles. The lowest BCUT2D eigenvalue weighted by molar-refractivity contribution is -0.137. The Balaban J connectivity index is 1.77. The summed E-state index contributed by atoms with van der Waals surface area (Å²) < 4.78 is 37.9. The molecule has 25 heavy (non-hydrogen) atoms. The zero-order valence-electron chi connectivity index (χ0n) is 13.9. The highest BCUT2D eigenvalue weighted by atomic mass is 19.4. The molecule has 7 heteroatoms. The number of nitrogens with one attached hydrogen (secondary N) is 1. The summed E-state index contributed by atoms with van der Waals surface area (Å²) in [7, 11) is 2.07. The molecule has 1 aromatic heterocycles. The van der Waals surface area contributed by atoms with Crippen molar-refractivity contribution in [3.05, 3.63) is 63.3 Å². The standard InChI is InChI=1S/C18H20F3N3O/c1-24-8-6-13(7-9-24)15-11-17(25)23-16(22-15)10-12-2-4-14(5-3-12)18(19,20)21/h2-5,11,13H,6-10H2,1H3,(H,22,23,25). The van der Waals surface area contributed by atoms with Crippen LogP contribution in [0.5, 0.6) is 0 Å². The summed E-state index contributed by atoms with van der Waals surface area (Å²) >= 11 is 0. The Bertz CT molecular complexity index is 775. The average Bonchev–Trinajstić information content (AvgIpc) is 2.54. The Kier molecular flexibility index (Phi) is 4.94. The number of hydrogen-bond acceptors (Lipinski definition) is 3. The van der Waals surface area contributed by atoms with E-state index >= 15 is 0 Å². The van der Waals surface area contributed by atoms with Gasteiger partial charge in [0.1, 0.15) is 5.82 Å². The number of halogens is 3. The van der Waals surface area contributed by atoms with Gasteiger partial charge < -0.3 is 9.88 Å². The van der Waals surface area contributed by atoms with Gasteiger partial charge in [0.25, 0.3) is 5.56 Å². The fourth-order valence-electron chi connectivity index (χ4n) is 3.13. The van der Waals surface area contributed by atoms with Crippen molar-refractivity contribution in [1.82, 2.24) is 14.9 Å². The normalized spacial score (nSPS) is 17.0. The molecular formula is C18H20F3N3O. The van der Waals surface area contributed by atoms with Gasteiger partial charge in [0, 0.05) is 18.4 Å². The third-order valence-electron chi connectivity index (χ3n) is 4.60. The van der Waals surface area contributed by atoms with Crippen molar-refractivity contribution in [2.75, 3.05) is 20.1 Å². The Hall–Kier alpha value is -2.15. The van der Waals surface area contributed by atoms with Crippen molar-refractivity contribution in [3.8, 4) is 0 Å². The van der Waals surface area contributed by atoms with Crippen molar-refractivity contribution in [1.29, 1.82) is 0 Å². The molecule has 0 aliphatic carbocycles. The lowest BCUT2D eigenvalue weighted by atomic mass is 9.93. The number of aromatic nitrogens is 2. The fourth-order valence-corrected chi connectivity index (χ4v) is 3.13. The molecule has 0 atom stereocenters. The summed E-state index contributed by atoms with van der Waals surface area (Å²) in [5.41, 5.74) is 0.555.